The molecule has 0 radical (unpaired) electrons. The van der Waals surface area contributed by atoms with Crippen molar-refractivity contribution in [1.29, 1.82) is 0 Å². The summed E-state index contributed by atoms with van der Waals surface area (Å²) in [5, 5.41) is 4.70. The Kier molecular flexibility index (Phi) is 7.56. The molecule has 0 saturated heterocycles. The Labute approximate surface area is 169 Å². The van der Waals surface area contributed by atoms with E-state index in [4.69, 9.17) is 37.4 Å². The van der Waals surface area contributed by atoms with Gasteiger partial charge in [-0.15, -0.1) is 0 Å². The number of nitrogens with one attached hydrogen (secondary N) is 1. The zero-order valence-corrected chi connectivity index (χ0v) is 17.0. The highest BCUT2D eigenvalue weighted by atomic mass is 79.9. The molecule has 1 amide bonds. The molecule has 0 spiro atoms. The third kappa shape index (κ3) is 5.52. The summed E-state index contributed by atoms with van der Waals surface area (Å²) in [6, 6.07) is 8.20. The van der Waals surface area contributed by atoms with Crippen LogP contribution in [0.5, 0.6) is 17.2 Å². The van der Waals surface area contributed by atoms with Gasteiger partial charge in [-0.2, -0.15) is 5.10 Å². The monoisotopic (exact) mass is 460 g/mol. The third-order valence-electron chi connectivity index (χ3n) is 3.15. The molecule has 9 heteroatoms. The standard InChI is InChI=1S/C17H15BrCl2N2O4/c1-24-15-7-16(25-2)12(18)5-10(15)8-21-22-17(23)9-26-14-4-3-11(19)6-13(14)20/h3-8H,9H2,1-2H3,(H,22,23)/b21-8+. The van der Waals surface area contributed by atoms with Gasteiger partial charge in [0.25, 0.3) is 5.91 Å². The highest BCUT2D eigenvalue weighted by Crippen LogP contribution is 2.32. The Hall–Kier alpha value is -1.96. The van der Waals surface area contributed by atoms with E-state index >= 15 is 0 Å². The number of nitrogens with zero attached hydrogens (tertiary/aromatic N) is 1. The smallest absolute Gasteiger partial charge is 0.277 e. The van der Waals surface area contributed by atoms with Crippen LogP contribution in [0.2, 0.25) is 10.0 Å². The fourth-order valence-electron chi connectivity index (χ4n) is 1.93. The molecular formula is C17H15BrCl2N2O4. The summed E-state index contributed by atoms with van der Waals surface area (Å²) in [6.45, 7) is -0.248. The second-order valence-electron chi connectivity index (χ2n) is 4.89. The molecule has 138 valence electrons. The molecule has 0 aromatic heterocycles. The Bertz CT molecular complexity index is 831. The van der Waals surface area contributed by atoms with Crippen LogP contribution in [0.15, 0.2) is 39.9 Å². The molecule has 6 nitrogen and oxygen atoms in total. The molecule has 0 fully saturated rings. The SMILES string of the molecule is COc1cc(OC)c(/C=N/NC(=O)COc2ccc(Cl)cc2Cl)cc1Br. The molecule has 2 aromatic carbocycles. The van der Waals surface area contributed by atoms with Crippen LogP contribution in [0.1, 0.15) is 5.56 Å². The molecule has 0 aliphatic rings. The Morgan fingerprint density at radius 3 is 2.54 bits per heavy atom. The number of ether oxygens (including phenoxy) is 3. The number of methoxy groups -OCH3 is 2. The normalized spacial score (nSPS) is 10.7. The number of hydrazone groups is 1. The Balaban J connectivity index is 1.95. The molecular weight excluding hydrogens is 447 g/mol. The summed E-state index contributed by atoms with van der Waals surface area (Å²) in [4.78, 5) is 11.8. The van der Waals surface area contributed by atoms with Crippen molar-refractivity contribution in [3.63, 3.8) is 0 Å². The average Bonchev–Trinajstić information content (AvgIpc) is 2.61. The lowest BCUT2D eigenvalue weighted by Gasteiger charge is -2.09. The van der Waals surface area contributed by atoms with Crippen LogP contribution in [-0.4, -0.2) is 32.9 Å². The number of hydrogen-bond donors (Lipinski definition) is 1. The molecule has 0 aliphatic carbocycles. The number of rotatable bonds is 7. The lowest BCUT2D eigenvalue weighted by Crippen LogP contribution is -2.24. The zero-order chi connectivity index (χ0) is 19.1. The minimum Gasteiger partial charge on any atom is -0.496 e. The van der Waals surface area contributed by atoms with Gasteiger partial charge in [0, 0.05) is 16.7 Å². The molecule has 26 heavy (non-hydrogen) atoms. The number of carbonyl (C=O) groups excluding carboxylic acids is 1. The summed E-state index contributed by atoms with van der Waals surface area (Å²) in [7, 11) is 3.09. The van der Waals surface area contributed by atoms with Crippen LogP contribution in [0.3, 0.4) is 0 Å². The number of amides is 1. The van der Waals surface area contributed by atoms with Gasteiger partial charge in [-0.3, -0.25) is 4.79 Å². The Morgan fingerprint density at radius 1 is 1.15 bits per heavy atom. The maximum atomic E-state index is 11.8. The van der Waals surface area contributed by atoms with Gasteiger partial charge in [0.2, 0.25) is 0 Å². The van der Waals surface area contributed by atoms with E-state index in [9.17, 15) is 4.79 Å². The van der Waals surface area contributed by atoms with E-state index in [2.05, 4.69) is 26.5 Å². The van der Waals surface area contributed by atoms with Gasteiger partial charge >= 0.3 is 0 Å². The van der Waals surface area contributed by atoms with Crippen molar-refractivity contribution in [2.75, 3.05) is 20.8 Å². The fourth-order valence-corrected chi connectivity index (χ4v) is 2.91. The van der Waals surface area contributed by atoms with Crippen molar-refractivity contribution in [2.24, 2.45) is 5.10 Å². The van der Waals surface area contributed by atoms with Crippen molar-refractivity contribution < 1.29 is 19.0 Å². The summed E-state index contributed by atoms with van der Waals surface area (Å²) >= 11 is 15.2. The lowest BCUT2D eigenvalue weighted by atomic mass is 10.2. The average molecular weight is 462 g/mol. The summed E-state index contributed by atoms with van der Waals surface area (Å²) in [5.41, 5.74) is 3.02. The van der Waals surface area contributed by atoms with E-state index < -0.39 is 5.91 Å². The summed E-state index contributed by atoms with van der Waals surface area (Å²) < 4.78 is 16.5. The molecule has 0 unspecified atom stereocenters. The van der Waals surface area contributed by atoms with Crippen LogP contribution >= 0.6 is 39.1 Å². The topological polar surface area (TPSA) is 69.2 Å². The molecule has 1 N–H and O–H groups in total. The quantitative estimate of drug-likeness (QED) is 0.493. The maximum absolute atomic E-state index is 11.8. The summed E-state index contributed by atoms with van der Waals surface area (Å²) in [5.74, 6) is 1.08. The van der Waals surface area contributed by atoms with E-state index in [1.54, 1.807) is 31.4 Å². The van der Waals surface area contributed by atoms with Gasteiger partial charge < -0.3 is 14.2 Å². The van der Waals surface area contributed by atoms with Gasteiger partial charge in [-0.05, 0) is 40.2 Å². The van der Waals surface area contributed by atoms with Crippen LogP contribution < -0.4 is 19.6 Å². The predicted molar refractivity (Wildman–Crippen MR) is 105 cm³/mol. The third-order valence-corrected chi connectivity index (χ3v) is 4.30. The molecule has 2 rings (SSSR count). The Morgan fingerprint density at radius 2 is 1.88 bits per heavy atom. The first-order valence-electron chi connectivity index (χ1n) is 7.26. The zero-order valence-electron chi connectivity index (χ0n) is 13.9. The summed E-state index contributed by atoms with van der Waals surface area (Å²) in [6.07, 6.45) is 1.45. The van der Waals surface area contributed by atoms with E-state index in [1.807, 2.05) is 0 Å². The van der Waals surface area contributed by atoms with Crippen LogP contribution in [-0.2, 0) is 4.79 Å². The van der Waals surface area contributed by atoms with Crippen LogP contribution in [0.4, 0.5) is 0 Å². The van der Waals surface area contributed by atoms with Gasteiger partial charge in [-0.1, -0.05) is 23.2 Å². The van der Waals surface area contributed by atoms with E-state index in [0.29, 0.717) is 32.9 Å². The predicted octanol–water partition coefficient (Wildman–Crippen LogP) is 4.30. The fraction of sp³-hybridized carbons (Fsp3) is 0.176. The van der Waals surface area contributed by atoms with Gasteiger partial charge in [0.1, 0.15) is 17.2 Å². The first-order valence-corrected chi connectivity index (χ1v) is 8.80. The van der Waals surface area contributed by atoms with Crippen LogP contribution in [0, 0.1) is 0 Å². The number of carbonyl (C=O) groups is 1. The van der Waals surface area contributed by atoms with Crippen molar-refractivity contribution in [1.82, 2.24) is 5.43 Å². The first kappa shape index (κ1) is 20.4. The molecule has 0 saturated carbocycles. The number of halogens is 3. The molecule has 0 atom stereocenters. The maximum Gasteiger partial charge on any atom is 0.277 e. The van der Waals surface area contributed by atoms with Gasteiger partial charge in [0.05, 0.1) is 29.9 Å². The minimum atomic E-state index is -0.446. The molecule has 0 aliphatic heterocycles. The number of benzene rings is 2. The highest BCUT2D eigenvalue weighted by molar-refractivity contribution is 9.10. The molecule has 0 bridgehead atoms. The van der Waals surface area contributed by atoms with Crippen molar-refractivity contribution in [3.8, 4) is 17.2 Å². The van der Waals surface area contributed by atoms with E-state index in [0.717, 1.165) is 4.47 Å². The van der Waals surface area contributed by atoms with Crippen LogP contribution in [0.25, 0.3) is 0 Å². The second kappa shape index (κ2) is 9.66. The minimum absolute atomic E-state index is 0.248. The van der Waals surface area contributed by atoms with E-state index in [-0.39, 0.29) is 6.61 Å². The van der Waals surface area contributed by atoms with Crippen molar-refractivity contribution >= 4 is 51.3 Å². The van der Waals surface area contributed by atoms with Crippen molar-refractivity contribution in [2.45, 2.75) is 0 Å². The lowest BCUT2D eigenvalue weighted by molar-refractivity contribution is -0.123. The largest absolute Gasteiger partial charge is 0.496 e. The first-order chi connectivity index (χ1) is 12.4. The number of hydrogen-bond acceptors (Lipinski definition) is 5. The van der Waals surface area contributed by atoms with Gasteiger partial charge in [-0.25, -0.2) is 5.43 Å². The van der Waals surface area contributed by atoms with Gasteiger partial charge in [0.15, 0.2) is 6.61 Å². The van der Waals surface area contributed by atoms with E-state index in [1.165, 1.54) is 19.4 Å². The highest BCUT2D eigenvalue weighted by Gasteiger charge is 2.09. The second-order valence-corrected chi connectivity index (χ2v) is 6.58. The molecule has 2 aromatic rings. The van der Waals surface area contributed by atoms with Crippen molar-refractivity contribution in [3.05, 3.63) is 50.4 Å². The molecule has 0 heterocycles.